The molecule has 0 bridgehead atoms. The molecular formula is C18H15N5O2S2. The molecule has 0 radical (unpaired) electrons. The van der Waals surface area contributed by atoms with Crippen LogP contribution in [0.1, 0.15) is 4.88 Å². The number of hydrogen-bond acceptors (Lipinski definition) is 8. The average Bonchev–Trinajstić information content (AvgIpc) is 3.32. The van der Waals surface area contributed by atoms with Gasteiger partial charge >= 0.3 is 6.09 Å². The quantitative estimate of drug-likeness (QED) is 0.501. The highest BCUT2D eigenvalue weighted by Gasteiger charge is 2.09. The highest BCUT2D eigenvalue weighted by molar-refractivity contribution is 7.17. The summed E-state index contributed by atoms with van der Waals surface area (Å²) in [5.41, 5.74) is 0.943. The number of para-hydroxylation sites is 1. The molecule has 7 nitrogen and oxygen atoms in total. The standard InChI is InChI=1S/C18H15N5O2S2/c24-18(25-12-4-2-1-3-5-12)23-17-20-10-13(27-17)6-8-19-16-15-14(7-9-26-15)21-11-22-16/h1-5,7,9-11H,6,8H2,(H,19,21,22)(H,20,23,24). The van der Waals surface area contributed by atoms with Gasteiger partial charge in [-0.25, -0.2) is 19.7 Å². The number of nitrogens with one attached hydrogen (secondary N) is 2. The minimum atomic E-state index is -0.554. The van der Waals surface area contributed by atoms with Crippen LogP contribution in [0, 0.1) is 0 Å². The van der Waals surface area contributed by atoms with Gasteiger partial charge in [0.2, 0.25) is 0 Å². The molecule has 3 aromatic heterocycles. The van der Waals surface area contributed by atoms with E-state index in [9.17, 15) is 4.79 Å². The third kappa shape index (κ3) is 4.39. The smallest absolute Gasteiger partial charge is 0.410 e. The topological polar surface area (TPSA) is 89.0 Å². The third-order valence-corrected chi connectivity index (χ3v) is 5.51. The molecule has 0 spiro atoms. The van der Waals surface area contributed by atoms with E-state index in [0.29, 0.717) is 17.4 Å². The summed E-state index contributed by atoms with van der Waals surface area (Å²) in [6.07, 6.45) is 3.53. The van der Waals surface area contributed by atoms with Crippen molar-refractivity contribution in [3.63, 3.8) is 0 Å². The molecule has 0 saturated carbocycles. The van der Waals surface area contributed by atoms with E-state index in [1.165, 1.54) is 11.3 Å². The number of carbonyl (C=O) groups excluding carboxylic acids is 1. The Hall–Kier alpha value is -3.04. The van der Waals surface area contributed by atoms with Gasteiger partial charge in [0, 0.05) is 24.0 Å². The summed E-state index contributed by atoms with van der Waals surface area (Å²) in [6.45, 7) is 0.708. The summed E-state index contributed by atoms with van der Waals surface area (Å²) in [6, 6.07) is 10.9. The Kier molecular flexibility index (Phi) is 5.22. The van der Waals surface area contributed by atoms with Crippen molar-refractivity contribution in [3.8, 4) is 5.75 Å². The van der Waals surface area contributed by atoms with Gasteiger partial charge in [-0.2, -0.15) is 0 Å². The Morgan fingerprint density at radius 3 is 2.89 bits per heavy atom. The Labute approximate surface area is 163 Å². The molecule has 27 heavy (non-hydrogen) atoms. The fourth-order valence-electron chi connectivity index (χ4n) is 2.41. The summed E-state index contributed by atoms with van der Waals surface area (Å²) in [4.78, 5) is 25.7. The van der Waals surface area contributed by atoms with Gasteiger partial charge in [0.15, 0.2) is 5.13 Å². The lowest BCUT2D eigenvalue weighted by atomic mass is 10.3. The number of ether oxygens (including phenoxy) is 1. The number of thiazole rings is 1. The fraction of sp³-hybridized carbons (Fsp3) is 0.111. The molecule has 2 N–H and O–H groups in total. The van der Waals surface area contributed by atoms with E-state index in [-0.39, 0.29) is 0 Å². The monoisotopic (exact) mass is 397 g/mol. The molecule has 0 saturated heterocycles. The number of rotatable bonds is 6. The molecule has 3 heterocycles. The molecule has 0 aliphatic heterocycles. The van der Waals surface area contributed by atoms with Crippen LogP contribution < -0.4 is 15.4 Å². The normalized spacial score (nSPS) is 10.7. The van der Waals surface area contributed by atoms with E-state index in [4.69, 9.17) is 4.74 Å². The Morgan fingerprint density at radius 2 is 2.00 bits per heavy atom. The molecule has 1 aromatic carbocycles. The van der Waals surface area contributed by atoms with Crippen molar-refractivity contribution >= 4 is 49.9 Å². The molecule has 1 amide bonds. The molecule has 0 fully saturated rings. The number of anilines is 2. The van der Waals surface area contributed by atoms with Crippen LogP contribution in [0.2, 0.25) is 0 Å². The van der Waals surface area contributed by atoms with Crippen LogP contribution in [0.15, 0.2) is 54.3 Å². The zero-order chi connectivity index (χ0) is 18.5. The molecule has 0 atom stereocenters. The molecule has 0 aliphatic carbocycles. The van der Waals surface area contributed by atoms with Gasteiger partial charge in [-0.15, -0.1) is 22.7 Å². The second-order valence-corrected chi connectivity index (χ2v) is 7.52. The van der Waals surface area contributed by atoms with E-state index in [0.717, 1.165) is 27.3 Å². The van der Waals surface area contributed by atoms with E-state index in [1.807, 2.05) is 17.5 Å². The molecule has 0 unspecified atom stereocenters. The van der Waals surface area contributed by atoms with E-state index in [2.05, 4.69) is 25.6 Å². The van der Waals surface area contributed by atoms with E-state index >= 15 is 0 Å². The Morgan fingerprint density at radius 1 is 1.11 bits per heavy atom. The molecule has 0 aliphatic rings. The van der Waals surface area contributed by atoms with Gasteiger partial charge in [-0.05, 0) is 23.6 Å². The lowest BCUT2D eigenvalue weighted by molar-refractivity contribution is 0.215. The first kappa shape index (κ1) is 17.4. The minimum absolute atomic E-state index is 0.487. The predicted octanol–water partition coefficient (Wildman–Crippen LogP) is 4.41. The van der Waals surface area contributed by atoms with Crippen LogP contribution in [-0.2, 0) is 6.42 Å². The second kappa shape index (κ2) is 8.11. The Balaban J connectivity index is 1.29. The van der Waals surface area contributed by atoms with E-state index in [1.54, 1.807) is 48.1 Å². The molecule has 136 valence electrons. The van der Waals surface area contributed by atoms with Gasteiger partial charge in [-0.1, -0.05) is 18.2 Å². The number of nitrogens with zero attached hydrogens (tertiary/aromatic N) is 3. The lowest BCUT2D eigenvalue weighted by Gasteiger charge is -2.05. The van der Waals surface area contributed by atoms with Crippen LogP contribution in [0.3, 0.4) is 0 Å². The average molecular weight is 397 g/mol. The van der Waals surface area contributed by atoms with Crippen molar-refractivity contribution in [2.24, 2.45) is 0 Å². The lowest BCUT2D eigenvalue weighted by Crippen LogP contribution is -2.16. The molecule has 4 aromatic rings. The van der Waals surface area contributed by atoms with E-state index < -0.39 is 6.09 Å². The van der Waals surface area contributed by atoms with Crippen molar-refractivity contribution < 1.29 is 9.53 Å². The number of hydrogen-bond donors (Lipinski definition) is 2. The van der Waals surface area contributed by atoms with Crippen molar-refractivity contribution in [1.29, 1.82) is 0 Å². The summed E-state index contributed by atoms with van der Waals surface area (Å²) in [5, 5.41) is 8.49. The van der Waals surface area contributed by atoms with Crippen LogP contribution >= 0.6 is 22.7 Å². The number of carbonyl (C=O) groups is 1. The number of amides is 1. The summed E-state index contributed by atoms with van der Waals surface area (Å²) in [7, 11) is 0. The highest BCUT2D eigenvalue weighted by atomic mass is 32.1. The summed E-state index contributed by atoms with van der Waals surface area (Å²) >= 11 is 3.03. The van der Waals surface area contributed by atoms with Crippen LogP contribution in [-0.4, -0.2) is 27.6 Å². The maximum atomic E-state index is 11.9. The van der Waals surface area contributed by atoms with Crippen LogP contribution in [0.25, 0.3) is 10.2 Å². The van der Waals surface area contributed by atoms with Gasteiger partial charge in [-0.3, -0.25) is 5.32 Å². The van der Waals surface area contributed by atoms with Gasteiger partial charge < -0.3 is 10.1 Å². The van der Waals surface area contributed by atoms with Crippen LogP contribution in [0.4, 0.5) is 15.7 Å². The van der Waals surface area contributed by atoms with Gasteiger partial charge in [0.25, 0.3) is 0 Å². The summed E-state index contributed by atoms with van der Waals surface area (Å²) < 4.78 is 6.24. The van der Waals surface area contributed by atoms with Crippen molar-refractivity contribution in [2.45, 2.75) is 6.42 Å². The zero-order valence-electron chi connectivity index (χ0n) is 14.1. The van der Waals surface area contributed by atoms with Crippen molar-refractivity contribution in [1.82, 2.24) is 15.0 Å². The minimum Gasteiger partial charge on any atom is -0.410 e. The maximum absolute atomic E-state index is 11.9. The number of thiophene rings is 1. The predicted molar refractivity (Wildman–Crippen MR) is 108 cm³/mol. The highest BCUT2D eigenvalue weighted by Crippen LogP contribution is 2.25. The number of benzene rings is 1. The van der Waals surface area contributed by atoms with Crippen LogP contribution in [0.5, 0.6) is 5.75 Å². The zero-order valence-corrected chi connectivity index (χ0v) is 15.7. The largest absolute Gasteiger partial charge is 0.418 e. The number of aromatic nitrogens is 3. The molecular weight excluding hydrogens is 382 g/mol. The van der Waals surface area contributed by atoms with Gasteiger partial charge in [0.1, 0.15) is 17.9 Å². The first-order valence-corrected chi connectivity index (χ1v) is 9.88. The first-order valence-electron chi connectivity index (χ1n) is 8.18. The molecule has 9 heteroatoms. The second-order valence-electron chi connectivity index (χ2n) is 5.49. The molecule has 4 rings (SSSR count). The van der Waals surface area contributed by atoms with Gasteiger partial charge in [0.05, 0.1) is 10.2 Å². The SMILES string of the molecule is O=C(Nc1ncc(CCNc2ncnc3ccsc23)s1)Oc1ccccc1. The summed E-state index contributed by atoms with van der Waals surface area (Å²) in [5.74, 6) is 1.32. The maximum Gasteiger partial charge on any atom is 0.418 e. The van der Waals surface area contributed by atoms with Crippen molar-refractivity contribution in [3.05, 3.63) is 59.2 Å². The fourth-order valence-corrected chi connectivity index (χ4v) is 4.02. The third-order valence-electron chi connectivity index (χ3n) is 3.62. The number of fused-ring (bicyclic) bond motifs is 1. The first-order chi connectivity index (χ1) is 13.3. The van der Waals surface area contributed by atoms with Crippen molar-refractivity contribution in [2.75, 3.05) is 17.2 Å². The Bertz CT molecular complexity index is 1050.